The average Bonchev–Trinajstić information content (AvgIpc) is 2.76. The molecule has 0 aromatic carbocycles. The summed E-state index contributed by atoms with van der Waals surface area (Å²) in [6, 6.07) is 2.32. The van der Waals surface area contributed by atoms with E-state index in [1.165, 1.54) is 0 Å². The Morgan fingerprint density at radius 1 is 1.53 bits per heavy atom. The Labute approximate surface area is 91.4 Å². The van der Waals surface area contributed by atoms with E-state index in [1.807, 2.05) is 6.07 Å². The van der Waals surface area contributed by atoms with Crippen molar-refractivity contribution in [1.82, 2.24) is 15.5 Å². The molecule has 4 nitrogen and oxygen atoms in total. The Balaban J connectivity index is 2.00. The van der Waals surface area contributed by atoms with E-state index in [9.17, 15) is 0 Å². The first-order valence-corrected chi connectivity index (χ1v) is 5.65. The molecule has 0 aliphatic carbocycles. The fourth-order valence-electron chi connectivity index (χ4n) is 1.36. The standard InChI is InChI=1S/C11H21N3O/c1-3-8-15-9-4-6-12-10(2)11-5-7-13-14-11/h5,7,10,12H,3-4,6,8-9H2,1-2H3,(H,13,14). The number of H-pyrrole nitrogens is 1. The number of aromatic nitrogens is 2. The van der Waals surface area contributed by atoms with Crippen LogP contribution in [0.4, 0.5) is 0 Å². The average molecular weight is 211 g/mol. The lowest BCUT2D eigenvalue weighted by molar-refractivity contribution is 0.131. The fourth-order valence-corrected chi connectivity index (χ4v) is 1.36. The minimum Gasteiger partial charge on any atom is -0.381 e. The lowest BCUT2D eigenvalue weighted by Crippen LogP contribution is -2.21. The van der Waals surface area contributed by atoms with Gasteiger partial charge in [0, 0.05) is 25.5 Å². The van der Waals surface area contributed by atoms with E-state index in [4.69, 9.17) is 4.74 Å². The van der Waals surface area contributed by atoms with Crippen molar-refractivity contribution in [3.05, 3.63) is 18.0 Å². The van der Waals surface area contributed by atoms with Crippen molar-refractivity contribution >= 4 is 0 Å². The van der Waals surface area contributed by atoms with Gasteiger partial charge in [-0.1, -0.05) is 6.92 Å². The van der Waals surface area contributed by atoms with E-state index in [0.717, 1.165) is 38.3 Å². The zero-order chi connectivity index (χ0) is 10.9. The van der Waals surface area contributed by atoms with Gasteiger partial charge < -0.3 is 10.1 Å². The second-order valence-corrected chi connectivity index (χ2v) is 3.65. The molecule has 0 fully saturated rings. The molecule has 1 atom stereocenters. The maximum absolute atomic E-state index is 5.40. The van der Waals surface area contributed by atoms with Crippen LogP contribution in [0.2, 0.25) is 0 Å². The molecule has 86 valence electrons. The highest BCUT2D eigenvalue weighted by Gasteiger charge is 2.04. The SMILES string of the molecule is CCCOCCCNC(C)c1ccn[nH]1. The highest BCUT2D eigenvalue weighted by Crippen LogP contribution is 2.06. The van der Waals surface area contributed by atoms with Gasteiger partial charge in [0.1, 0.15) is 0 Å². The maximum Gasteiger partial charge on any atom is 0.0518 e. The third-order valence-corrected chi connectivity index (χ3v) is 2.25. The largest absolute Gasteiger partial charge is 0.381 e. The van der Waals surface area contributed by atoms with Gasteiger partial charge >= 0.3 is 0 Å². The summed E-state index contributed by atoms with van der Waals surface area (Å²) >= 11 is 0. The van der Waals surface area contributed by atoms with Crippen LogP contribution in [-0.2, 0) is 4.74 Å². The first-order valence-electron chi connectivity index (χ1n) is 5.65. The molecular weight excluding hydrogens is 190 g/mol. The first-order chi connectivity index (χ1) is 7.34. The number of hydrogen-bond donors (Lipinski definition) is 2. The third-order valence-electron chi connectivity index (χ3n) is 2.25. The van der Waals surface area contributed by atoms with Gasteiger partial charge in [-0.3, -0.25) is 5.10 Å². The van der Waals surface area contributed by atoms with Crippen LogP contribution in [0.1, 0.15) is 38.4 Å². The molecule has 1 unspecified atom stereocenters. The summed E-state index contributed by atoms with van der Waals surface area (Å²) in [5, 5.41) is 10.3. The molecule has 0 aliphatic rings. The summed E-state index contributed by atoms with van der Waals surface area (Å²) in [6.07, 6.45) is 3.92. The smallest absolute Gasteiger partial charge is 0.0518 e. The van der Waals surface area contributed by atoms with Crippen LogP contribution in [0.3, 0.4) is 0 Å². The minimum absolute atomic E-state index is 0.332. The van der Waals surface area contributed by atoms with E-state index in [-0.39, 0.29) is 0 Å². The molecule has 1 rings (SSSR count). The Bertz CT molecular complexity index is 236. The first kappa shape index (κ1) is 12.2. The lowest BCUT2D eigenvalue weighted by atomic mass is 10.2. The van der Waals surface area contributed by atoms with E-state index in [1.54, 1.807) is 6.20 Å². The van der Waals surface area contributed by atoms with Gasteiger partial charge in [0.15, 0.2) is 0 Å². The van der Waals surface area contributed by atoms with E-state index >= 15 is 0 Å². The van der Waals surface area contributed by atoms with Crippen LogP contribution in [0, 0.1) is 0 Å². The number of ether oxygens (including phenoxy) is 1. The summed E-state index contributed by atoms with van der Waals surface area (Å²) < 4.78 is 5.40. The van der Waals surface area contributed by atoms with Crippen molar-refractivity contribution in [2.24, 2.45) is 0 Å². The topological polar surface area (TPSA) is 49.9 Å². The number of rotatable bonds is 8. The quantitative estimate of drug-likeness (QED) is 0.645. The molecule has 1 aromatic heterocycles. The lowest BCUT2D eigenvalue weighted by Gasteiger charge is -2.11. The summed E-state index contributed by atoms with van der Waals surface area (Å²) in [6.45, 7) is 6.94. The van der Waals surface area contributed by atoms with Crippen molar-refractivity contribution in [2.75, 3.05) is 19.8 Å². The number of hydrogen-bond acceptors (Lipinski definition) is 3. The Morgan fingerprint density at radius 3 is 3.07 bits per heavy atom. The molecule has 0 aliphatic heterocycles. The minimum atomic E-state index is 0.332. The summed E-state index contributed by atoms with van der Waals surface area (Å²) in [5.74, 6) is 0. The monoisotopic (exact) mass is 211 g/mol. The van der Waals surface area contributed by atoms with Crippen LogP contribution in [0.5, 0.6) is 0 Å². The van der Waals surface area contributed by atoms with Crippen LogP contribution >= 0.6 is 0 Å². The van der Waals surface area contributed by atoms with Crippen LogP contribution in [0.15, 0.2) is 12.3 Å². The molecule has 0 bridgehead atoms. The second-order valence-electron chi connectivity index (χ2n) is 3.65. The van der Waals surface area contributed by atoms with Crippen molar-refractivity contribution in [3.8, 4) is 0 Å². The van der Waals surface area contributed by atoms with E-state index in [2.05, 4.69) is 29.4 Å². The molecule has 2 N–H and O–H groups in total. The molecule has 4 heteroatoms. The maximum atomic E-state index is 5.40. The zero-order valence-corrected chi connectivity index (χ0v) is 9.62. The number of aromatic amines is 1. The molecule has 1 aromatic rings. The van der Waals surface area contributed by atoms with Crippen molar-refractivity contribution in [2.45, 2.75) is 32.7 Å². The van der Waals surface area contributed by atoms with Crippen molar-refractivity contribution in [1.29, 1.82) is 0 Å². The summed E-state index contributed by atoms with van der Waals surface area (Å²) in [4.78, 5) is 0. The van der Waals surface area contributed by atoms with Crippen LogP contribution in [0.25, 0.3) is 0 Å². The summed E-state index contributed by atoms with van der Waals surface area (Å²) in [7, 11) is 0. The third kappa shape index (κ3) is 4.95. The molecular formula is C11H21N3O. The van der Waals surface area contributed by atoms with Crippen molar-refractivity contribution in [3.63, 3.8) is 0 Å². The second kappa shape index (κ2) is 7.43. The highest BCUT2D eigenvalue weighted by atomic mass is 16.5. The predicted molar refractivity (Wildman–Crippen MR) is 60.7 cm³/mol. The molecule has 0 saturated heterocycles. The molecule has 1 heterocycles. The van der Waals surface area contributed by atoms with Gasteiger partial charge in [0.25, 0.3) is 0 Å². The highest BCUT2D eigenvalue weighted by molar-refractivity contribution is 5.02. The number of nitrogens with one attached hydrogen (secondary N) is 2. The van der Waals surface area contributed by atoms with E-state index < -0.39 is 0 Å². The number of nitrogens with zero attached hydrogens (tertiary/aromatic N) is 1. The van der Waals surface area contributed by atoms with Gasteiger partial charge in [0.2, 0.25) is 0 Å². The predicted octanol–water partition coefficient (Wildman–Crippen LogP) is 1.88. The Morgan fingerprint density at radius 2 is 2.40 bits per heavy atom. The van der Waals surface area contributed by atoms with Crippen LogP contribution in [-0.4, -0.2) is 30.0 Å². The van der Waals surface area contributed by atoms with Gasteiger partial charge in [-0.05, 0) is 32.4 Å². The molecule has 0 radical (unpaired) electrons. The zero-order valence-electron chi connectivity index (χ0n) is 9.62. The van der Waals surface area contributed by atoms with Gasteiger partial charge in [-0.25, -0.2) is 0 Å². The normalized spacial score (nSPS) is 12.9. The van der Waals surface area contributed by atoms with Crippen molar-refractivity contribution < 1.29 is 4.74 Å². The van der Waals surface area contributed by atoms with Gasteiger partial charge in [-0.15, -0.1) is 0 Å². The Hall–Kier alpha value is -0.870. The van der Waals surface area contributed by atoms with E-state index in [0.29, 0.717) is 6.04 Å². The molecule has 0 saturated carbocycles. The summed E-state index contributed by atoms with van der Waals surface area (Å²) in [5.41, 5.74) is 1.13. The van der Waals surface area contributed by atoms with Crippen LogP contribution < -0.4 is 5.32 Å². The van der Waals surface area contributed by atoms with Gasteiger partial charge in [-0.2, -0.15) is 5.10 Å². The fraction of sp³-hybridized carbons (Fsp3) is 0.727. The molecule has 15 heavy (non-hydrogen) atoms. The van der Waals surface area contributed by atoms with Gasteiger partial charge in [0.05, 0.1) is 5.69 Å². The molecule has 0 spiro atoms. The Kier molecular flexibility index (Phi) is 6.04. The molecule has 0 amide bonds.